The highest BCUT2D eigenvalue weighted by Crippen LogP contribution is 2.35. The van der Waals surface area contributed by atoms with E-state index in [-0.39, 0.29) is 12.5 Å². The molecule has 9 heteroatoms. The van der Waals surface area contributed by atoms with Gasteiger partial charge in [0.1, 0.15) is 17.5 Å². The largest absolute Gasteiger partial charge is 0.497 e. The minimum atomic E-state index is -0.904. The summed E-state index contributed by atoms with van der Waals surface area (Å²) in [5.41, 5.74) is 1.36. The number of ether oxygens (including phenoxy) is 3. The maximum absolute atomic E-state index is 13.7. The predicted molar refractivity (Wildman–Crippen MR) is 145 cm³/mol. The average molecular weight is 528 g/mol. The van der Waals surface area contributed by atoms with E-state index in [1.807, 2.05) is 26.8 Å². The summed E-state index contributed by atoms with van der Waals surface area (Å²) in [6, 6.07) is 9.69. The molecule has 8 nitrogen and oxygen atoms in total. The Morgan fingerprint density at radius 2 is 1.86 bits per heavy atom. The molecule has 0 radical (unpaired) electrons. The molecule has 2 aromatic carbocycles. The monoisotopic (exact) mass is 527 g/mol. The number of hydrogen-bond donors (Lipinski definition) is 1. The van der Waals surface area contributed by atoms with Crippen molar-refractivity contribution in [3.63, 3.8) is 0 Å². The summed E-state index contributed by atoms with van der Waals surface area (Å²) in [5, 5.41) is 3.50. The van der Waals surface area contributed by atoms with Gasteiger partial charge in [-0.2, -0.15) is 0 Å². The fourth-order valence-electron chi connectivity index (χ4n) is 4.33. The van der Waals surface area contributed by atoms with Gasteiger partial charge in [-0.1, -0.05) is 32.4 Å². The molecule has 1 atom stereocenters. The Balaban J connectivity index is 1.96. The zero-order valence-corrected chi connectivity index (χ0v) is 22.7. The zero-order chi connectivity index (χ0) is 27.2. The number of amides is 2. The Morgan fingerprint density at radius 3 is 2.46 bits per heavy atom. The van der Waals surface area contributed by atoms with E-state index in [1.54, 1.807) is 44.6 Å². The highest BCUT2D eigenvalue weighted by molar-refractivity contribution is 6.33. The van der Waals surface area contributed by atoms with E-state index in [9.17, 15) is 9.59 Å². The van der Waals surface area contributed by atoms with Crippen LogP contribution in [0.2, 0.25) is 5.02 Å². The number of carbonyl (C=O) groups is 2. The first-order valence-electron chi connectivity index (χ1n) is 12.0. The Morgan fingerprint density at radius 1 is 1.16 bits per heavy atom. The molecule has 1 unspecified atom stereocenters. The molecule has 0 aliphatic carbocycles. The molecule has 2 amide bonds. The van der Waals surface area contributed by atoms with Crippen LogP contribution in [0, 0.1) is 17.8 Å². The number of terminal acetylenes is 1. The minimum Gasteiger partial charge on any atom is -0.497 e. The quantitative estimate of drug-likeness (QED) is 0.525. The van der Waals surface area contributed by atoms with Crippen LogP contribution >= 0.6 is 11.6 Å². The second-order valence-electron chi connectivity index (χ2n) is 9.72. The first kappa shape index (κ1) is 28.2. The summed E-state index contributed by atoms with van der Waals surface area (Å²) in [7, 11) is 3.13. The lowest BCUT2D eigenvalue weighted by Gasteiger charge is -2.39. The first-order chi connectivity index (χ1) is 17.6. The van der Waals surface area contributed by atoms with Gasteiger partial charge in [0.15, 0.2) is 0 Å². The smallest absolute Gasteiger partial charge is 0.303 e. The molecule has 1 aliphatic rings. The van der Waals surface area contributed by atoms with Crippen LogP contribution in [0.15, 0.2) is 36.4 Å². The number of halogens is 1. The number of rotatable bonds is 8. The van der Waals surface area contributed by atoms with Gasteiger partial charge in [0.25, 0.3) is 0 Å². The number of nitrogens with one attached hydrogen (secondary N) is 1. The van der Waals surface area contributed by atoms with Crippen LogP contribution in [0.25, 0.3) is 0 Å². The SMILES string of the molecule is C#CC(=O)N(c1ccc(Cl)c(N2CCOCC2)c1)C(C(=O)NCc1ccc(OC)cc1OC)C(C)(C)C. The van der Waals surface area contributed by atoms with Crippen molar-refractivity contribution < 1.29 is 23.8 Å². The van der Waals surface area contributed by atoms with Gasteiger partial charge in [0, 0.05) is 37.0 Å². The third-order valence-electron chi connectivity index (χ3n) is 6.18. The van der Waals surface area contributed by atoms with Gasteiger partial charge < -0.3 is 24.4 Å². The second kappa shape index (κ2) is 12.2. The Labute approximate surface area is 223 Å². The predicted octanol–water partition coefficient (Wildman–Crippen LogP) is 3.89. The van der Waals surface area contributed by atoms with Crippen molar-refractivity contribution in [3.8, 4) is 23.8 Å². The normalized spacial score (nSPS) is 14.4. The summed E-state index contributed by atoms with van der Waals surface area (Å²) in [6.07, 6.45) is 5.58. The molecule has 198 valence electrons. The van der Waals surface area contributed by atoms with E-state index in [4.69, 9.17) is 32.2 Å². The van der Waals surface area contributed by atoms with Gasteiger partial charge in [-0.15, -0.1) is 6.42 Å². The lowest BCUT2D eigenvalue weighted by Crippen LogP contribution is -2.56. The van der Waals surface area contributed by atoms with Gasteiger partial charge in [-0.3, -0.25) is 14.5 Å². The van der Waals surface area contributed by atoms with Gasteiger partial charge >= 0.3 is 5.91 Å². The Kier molecular flexibility index (Phi) is 9.30. The van der Waals surface area contributed by atoms with Gasteiger partial charge in [0.05, 0.1) is 38.1 Å². The van der Waals surface area contributed by atoms with Crippen LogP contribution in [0.5, 0.6) is 11.5 Å². The molecule has 1 fully saturated rings. The number of carbonyl (C=O) groups excluding carboxylic acids is 2. The molecule has 1 saturated heterocycles. The highest BCUT2D eigenvalue weighted by Gasteiger charge is 2.40. The van der Waals surface area contributed by atoms with Crippen LogP contribution in [0.1, 0.15) is 26.3 Å². The molecule has 1 heterocycles. The highest BCUT2D eigenvalue weighted by atomic mass is 35.5. The summed E-state index contributed by atoms with van der Waals surface area (Å²) < 4.78 is 16.2. The summed E-state index contributed by atoms with van der Waals surface area (Å²) in [5.74, 6) is 2.45. The Bertz CT molecular complexity index is 1170. The van der Waals surface area contributed by atoms with E-state index in [0.29, 0.717) is 48.5 Å². The molecule has 0 spiro atoms. The summed E-state index contributed by atoms with van der Waals surface area (Å²) in [4.78, 5) is 30.3. The molecule has 1 N–H and O–H groups in total. The van der Waals surface area contributed by atoms with Crippen LogP contribution < -0.4 is 24.6 Å². The van der Waals surface area contributed by atoms with Crippen molar-refractivity contribution in [1.29, 1.82) is 0 Å². The number of morpholine rings is 1. The standard InChI is InChI=1S/C28H34ClN3O5/c1-7-25(33)32(20-9-11-22(29)23(16-20)31-12-14-37-15-13-31)26(28(2,3)4)27(34)30-18-19-8-10-21(35-5)17-24(19)36-6/h1,8-11,16-17,26H,12-15,18H2,2-6H3,(H,30,34). The molecule has 37 heavy (non-hydrogen) atoms. The van der Waals surface area contributed by atoms with Gasteiger partial charge in [0.2, 0.25) is 5.91 Å². The summed E-state index contributed by atoms with van der Waals surface area (Å²) >= 11 is 6.52. The first-order valence-corrected chi connectivity index (χ1v) is 12.4. The lowest BCUT2D eigenvalue weighted by molar-refractivity contribution is -0.127. The zero-order valence-electron chi connectivity index (χ0n) is 22.0. The molecular weight excluding hydrogens is 494 g/mol. The third kappa shape index (κ3) is 6.68. The van der Waals surface area contributed by atoms with Crippen LogP contribution in [0.4, 0.5) is 11.4 Å². The lowest BCUT2D eigenvalue weighted by atomic mass is 9.84. The van der Waals surface area contributed by atoms with E-state index in [0.717, 1.165) is 11.3 Å². The molecule has 0 bridgehead atoms. The van der Waals surface area contributed by atoms with Gasteiger partial charge in [-0.05, 0) is 41.7 Å². The van der Waals surface area contributed by atoms with Crippen LogP contribution in [0.3, 0.4) is 0 Å². The fraction of sp³-hybridized carbons (Fsp3) is 0.429. The molecule has 3 rings (SSSR count). The molecular formula is C28H34ClN3O5. The van der Waals surface area contributed by atoms with Crippen molar-refractivity contribution >= 4 is 34.8 Å². The van der Waals surface area contributed by atoms with Crippen molar-refractivity contribution in [2.75, 3.05) is 50.3 Å². The van der Waals surface area contributed by atoms with E-state index in [2.05, 4.69) is 16.1 Å². The van der Waals surface area contributed by atoms with Crippen molar-refractivity contribution in [3.05, 3.63) is 47.0 Å². The number of methoxy groups -OCH3 is 2. The topological polar surface area (TPSA) is 80.3 Å². The number of hydrogen-bond acceptors (Lipinski definition) is 6. The molecule has 0 saturated carbocycles. The number of anilines is 2. The average Bonchev–Trinajstić information content (AvgIpc) is 2.90. The number of nitrogens with zero attached hydrogens (tertiary/aromatic N) is 2. The van der Waals surface area contributed by atoms with E-state index >= 15 is 0 Å². The third-order valence-corrected chi connectivity index (χ3v) is 6.50. The van der Waals surface area contributed by atoms with Crippen molar-refractivity contribution in [1.82, 2.24) is 5.32 Å². The van der Waals surface area contributed by atoms with Crippen LogP contribution in [-0.4, -0.2) is 58.4 Å². The van der Waals surface area contributed by atoms with Gasteiger partial charge in [-0.25, -0.2) is 0 Å². The number of benzene rings is 2. The van der Waals surface area contributed by atoms with E-state index in [1.165, 1.54) is 4.90 Å². The minimum absolute atomic E-state index is 0.191. The summed E-state index contributed by atoms with van der Waals surface area (Å²) in [6.45, 7) is 8.35. The maximum atomic E-state index is 13.7. The fourth-order valence-corrected chi connectivity index (χ4v) is 4.56. The second-order valence-corrected chi connectivity index (χ2v) is 10.1. The van der Waals surface area contributed by atoms with Crippen molar-refractivity contribution in [2.24, 2.45) is 5.41 Å². The van der Waals surface area contributed by atoms with Crippen molar-refractivity contribution in [2.45, 2.75) is 33.4 Å². The Hall–Kier alpha value is -3.41. The van der Waals surface area contributed by atoms with E-state index < -0.39 is 17.4 Å². The molecule has 2 aromatic rings. The maximum Gasteiger partial charge on any atom is 0.303 e. The molecule has 1 aliphatic heterocycles. The van der Waals surface area contributed by atoms with Crippen LogP contribution in [-0.2, 0) is 20.9 Å². The molecule has 0 aromatic heterocycles.